The fourth-order valence-corrected chi connectivity index (χ4v) is 2.96. The summed E-state index contributed by atoms with van der Waals surface area (Å²) in [5, 5.41) is 0. The lowest BCUT2D eigenvalue weighted by Crippen LogP contribution is -2.49. The van der Waals surface area contributed by atoms with Crippen molar-refractivity contribution in [2.75, 3.05) is 32.7 Å². The smallest absolute Gasteiger partial charge is 0.236 e. The van der Waals surface area contributed by atoms with Crippen molar-refractivity contribution in [3.63, 3.8) is 0 Å². The third-order valence-corrected chi connectivity index (χ3v) is 4.22. The second kappa shape index (κ2) is 5.83. The Kier molecular flexibility index (Phi) is 4.40. The van der Waals surface area contributed by atoms with Crippen LogP contribution >= 0.6 is 0 Å². The maximum absolute atomic E-state index is 12.0. The zero-order valence-electron chi connectivity index (χ0n) is 10.9. The number of carbonyl (C=O) groups is 1. The van der Waals surface area contributed by atoms with Crippen LogP contribution in [-0.2, 0) is 4.79 Å². The first kappa shape index (κ1) is 12.8. The molecule has 0 bridgehead atoms. The number of piperidine rings is 1. The Labute approximate surface area is 104 Å². The number of nitrogens with zero attached hydrogens (tertiary/aromatic N) is 2. The summed E-state index contributed by atoms with van der Waals surface area (Å²) in [6.07, 6.45) is 4.50. The highest BCUT2D eigenvalue weighted by Gasteiger charge is 2.28. The summed E-state index contributed by atoms with van der Waals surface area (Å²) >= 11 is 0. The Bertz CT molecular complexity index is 263. The summed E-state index contributed by atoms with van der Waals surface area (Å²) < 4.78 is 0. The SMILES string of the molecule is CCC1CN(CC(=O)N2CCCC2)CCC1N. The number of rotatable bonds is 3. The van der Waals surface area contributed by atoms with Crippen LogP contribution in [0.15, 0.2) is 0 Å². The van der Waals surface area contributed by atoms with E-state index in [0.29, 0.717) is 24.4 Å². The average Bonchev–Trinajstić information content (AvgIpc) is 2.85. The standard InChI is InChI=1S/C13H25N3O/c1-2-11-9-15(8-5-12(11)14)10-13(17)16-6-3-4-7-16/h11-12H,2-10,14H2,1H3. The summed E-state index contributed by atoms with van der Waals surface area (Å²) in [5.41, 5.74) is 6.08. The molecule has 0 radical (unpaired) electrons. The Hall–Kier alpha value is -0.610. The largest absolute Gasteiger partial charge is 0.342 e. The van der Waals surface area contributed by atoms with E-state index in [1.54, 1.807) is 0 Å². The van der Waals surface area contributed by atoms with Crippen molar-refractivity contribution < 1.29 is 4.79 Å². The molecule has 2 aliphatic rings. The topological polar surface area (TPSA) is 49.6 Å². The Balaban J connectivity index is 1.80. The quantitative estimate of drug-likeness (QED) is 0.787. The van der Waals surface area contributed by atoms with E-state index >= 15 is 0 Å². The number of amides is 1. The second-order valence-corrected chi connectivity index (χ2v) is 5.44. The van der Waals surface area contributed by atoms with Gasteiger partial charge in [0.05, 0.1) is 6.54 Å². The number of hydrogen-bond donors (Lipinski definition) is 1. The normalized spacial score (nSPS) is 30.8. The van der Waals surface area contributed by atoms with Gasteiger partial charge >= 0.3 is 0 Å². The van der Waals surface area contributed by atoms with Gasteiger partial charge in [-0.1, -0.05) is 13.3 Å². The molecule has 17 heavy (non-hydrogen) atoms. The average molecular weight is 239 g/mol. The highest BCUT2D eigenvalue weighted by Crippen LogP contribution is 2.18. The molecule has 0 aromatic heterocycles. The van der Waals surface area contributed by atoms with Gasteiger partial charge in [0.1, 0.15) is 0 Å². The van der Waals surface area contributed by atoms with Crippen LogP contribution in [0.1, 0.15) is 32.6 Å². The van der Waals surface area contributed by atoms with Crippen LogP contribution in [0.5, 0.6) is 0 Å². The van der Waals surface area contributed by atoms with Crippen molar-refractivity contribution in [2.24, 2.45) is 11.7 Å². The van der Waals surface area contributed by atoms with Crippen LogP contribution in [0, 0.1) is 5.92 Å². The summed E-state index contributed by atoms with van der Waals surface area (Å²) in [4.78, 5) is 16.3. The third kappa shape index (κ3) is 3.19. The van der Waals surface area contributed by atoms with Crippen LogP contribution in [0.4, 0.5) is 0 Å². The van der Waals surface area contributed by atoms with Crippen LogP contribution in [0.2, 0.25) is 0 Å². The van der Waals surface area contributed by atoms with E-state index in [0.717, 1.165) is 39.0 Å². The van der Waals surface area contributed by atoms with Crippen LogP contribution in [0.3, 0.4) is 0 Å². The van der Waals surface area contributed by atoms with E-state index in [9.17, 15) is 4.79 Å². The van der Waals surface area contributed by atoms with E-state index in [2.05, 4.69) is 11.8 Å². The molecule has 2 N–H and O–H groups in total. The Morgan fingerprint density at radius 3 is 2.65 bits per heavy atom. The van der Waals surface area contributed by atoms with Crippen molar-refractivity contribution in [1.29, 1.82) is 0 Å². The lowest BCUT2D eigenvalue weighted by Gasteiger charge is -2.36. The fraction of sp³-hybridized carbons (Fsp3) is 0.923. The van der Waals surface area contributed by atoms with Gasteiger partial charge in [0, 0.05) is 32.2 Å². The predicted molar refractivity (Wildman–Crippen MR) is 68.6 cm³/mol. The lowest BCUT2D eigenvalue weighted by molar-refractivity contribution is -0.131. The predicted octanol–water partition coefficient (Wildman–Crippen LogP) is 0.668. The molecular formula is C13H25N3O. The van der Waals surface area contributed by atoms with Crippen molar-refractivity contribution in [3.05, 3.63) is 0 Å². The van der Waals surface area contributed by atoms with Gasteiger partial charge in [0.2, 0.25) is 5.91 Å². The first-order valence-electron chi connectivity index (χ1n) is 6.96. The number of likely N-dealkylation sites (tertiary alicyclic amines) is 2. The first-order valence-corrected chi connectivity index (χ1v) is 6.96. The monoisotopic (exact) mass is 239 g/mol. The molecule has 0 aliphatic carbocycles. The number of nitrogens with two attached hydrogens (primary N) is 1. The van der Waals surface area contributed by atoms with Crippen LogP contribution in [-0.4, -0.2) is 54.5 Å². The molecule has 2 rings (SSSR count). The zero-order chi connectivity index (χ0) is 12.3. The molecule has 0 aromatic rings. The van der Waals surface area contributed by atoms with E-state index in [-0.39, 0.29) is 0 Å². The van der Waals surface area contributed by atoms with Crippen LogP contribution < -0.4 is 5.73 Å². The highest BCUT2D eigenvalue weighted by molar-refractivity contribution is 5.78. The minimum atomic E-state index is 0.313. The minimum absolute atomic E-state index is 0.313. The van der Waals surface area contributed by atoms with Gasteiger partial charge in [0.15, 0.2) is 0 Å². The number of carbonyl (C=O) groups excluding carboxylic acids is 1. The molecule has 2 saturated heterocycles. The maximum Gasteiger partial charge on any atom is 0.236 e. The molecule has 1 amide bonds. The molecule has 2 aliphatic heterocycles. The summed E-state index contributed by atoms with van der Waals surface area (Å²) in [6, 6.07) is 0.332. The molecule has 98 valence electrons. The zero-order valence-corrected chi connectivity index (χ0v) is 10.9. The third-order valence-electron chi connectivity index (χ3n) is 4.22. The van der Waals surface area contributed by atoms with Gasteiger partial charge in [0.25, 0.3) is 0 Å². The molecule has 0 aromatic carbocycles. The molecule has 0 spiro atoms. The minimum Gasteiger partial charge on any atom is -0.342 e. The van der Waals surface area contributed by atoms with Crippen molar-refractivity contribution in [1.82, 2.24) is 9.80 Å². The number of hydrogen-bond acceptors (Lipinski definition) is 3. The first-order chi connectivity index (χ1) is 8.20. The van der Waals surface area contributed by atoms with Gasteiger partial charge in [-0.25, -0.2) is 0 Å². The van der Waals surface area contributed by atoms with Crippen molar-refractivity contribution >= 4 is 5.91 Å². The van der Waals surface area contributed by atoms with Crippen LogP contribution in [0.25, 0.3) is 0 Å². The summed E-state index contributed by atoms with van der Waals surface area (Å²) in [6.45, 7) is 6.70. The van der Waals surface area contributed by atoms with Gasteiger partial charge in [-0.15, -0.1) is 0 Å². The van der Waals surface area contributed by atoms with Gasteiger partial charge in [-0.2, -0.15) is 0 Å². The molecular weight excluding hydrogens is 214 g/mol. The second-order valence-electron chi connectivity index (χ2n) is 5.44. The van der Waals surface area contributed by atoms with Gasteiger partial charge < -0.3 is 10.6 Å². The Morgan fingerprint density at radius 1 is 1.29 bits per heavy atom. The van der Waals surface area contributed by atoms with Gasteiger partial charge in [-0.05, 0) is 25.2 Å². The molecule has 2 heterocycles. The summed E-state index contributed by atoms with van der Waals surface area (Å²) in [5.74, 6) is 0.878. The van der Waals surface area contributed by atoms with E-state index in [1.807, 2.05) is 4.90 Å². The molecule has 2 fully saturated rings. The highest BCUT2D eigenvalue weighted by atomic mass is 16.2. The van der Waals surface area contributed by atoms with E-state index in [1.165, 1.54) is 12.8 Å². The summed E-state index contributed by atoms with van der Waals surface area (Å²) in [7, 11) is 0. The fourth-order valence-electron chi connectivity index (χ4n) is 2.96. The van der Waals surface area contributed by atoms with E-state index < -0.39 is 0 Å². The van der Waals surface area contributed by atoms with Gasteiger partial charge in [-0.3, -0.25) is 9.69 Å². The molecule has 2 unspecified atom stereocenters. The molecule has 4 heteroatoms. The lowest BCUT2D eigenvalue weighted by atomic mass is 9.91. The maximum atomic E-state index is 12.0. The van der Waals surface area contributed by atoms with Crippen molar-refractivity contribution in [3.8, 4) is 0 Å². The Morgan fingerprint density at radius 2 is 2.00 bits per heavy atom. The van der Waals surface area contributed by atoms with E-state index in [4.69, 9.17) is 5.73 Å². The molecule has 4 nitrogen and oxygen atoms in total. The molecule has 2 atom stereocenters. The molecule has 0 saturated carbocycles. The van der Waals surface area contributed by atoms with Crippen molar-refractivity contribution in [2.45, 2.75) is 38.6 Å².